The summed E-state index contributed by atoms with van der Waals surface area (Å²) in [5, 5.41) is 0. The van der Waals surface area contributed by atoms with Gasteiger partial charge in [0.05, 0.1) is 17.9 Å². The first-order valence-corrected chi connectivity index (χ1v) is 9.90. The zero-order chi connectivity index (χ0) is 20.9. The van der Waals surface area contributed by atoms with Gasteiger partial charge in [-0.2, -0.15) is 0 Å². The molecule has 0 bridgehead atoms. The topological polar surface area (TPSA) is 62.7 Å². The largest absolute Gasteiger partial charge is 0.479 e. The van der Waals surface area contributed by atoms with Gasteiger partial charge in [-0.3, -0.25) is 19.5 Å². The predicted molar refractivity (Wildman–Crippen MR) is 114 cm³/mol. The number of aromatic nitrogens is 1. The van der Waals surface area contributed by atoms with Crippen molar-refractivity contribution in [2.45, 2.75) is 26.1 Å². The SMILES string of the molecule is C[C@@H]1Oc2ccccc2N(CC(=O)N(Cc2ccccc2)Cc2ccccn2)C1=O. The standard InChI is InChI=1S/C24H23N3O3/c1-18-24(29)27(21-12-5-6-13-22(21)30-18)17-23(28)26(15-19-9-3-2-4-10-19)16-20-11-7-8-14-25-20/h2-14,18H,15-17H2,1H3/t18-/m0/s1. The van der Waals surface area contributed by atoms with Crippen molar-refractivity contribution >= 4 is 17.5 Å². The first-order valence-electron chi connectivity index (χ1n) is 9.90. The minimum absolute atomic E-state index is 0.0524. The van der Waals surface area contributed by atoms with Crippen molar-refractivity contribution in [2.24, 2.45) is 0 Å². The molecule has 152 valence electrons. The van der Waals surface area contributed by atoms with Gasteiger partial charge in [-0.1, -0.05) is 48.5 Å². The lowest BCUT2D eigenvalue weighted by Crippen LogP contribution is -2.49. The summed E-state index contributed by atoms with van der Waals surface area (Å²) in [5.74, 6) is 0.234. The van der Waals surface area contributed by atoms with Gasteiger partial charge in [0.2, 0.25) is 5.91 Å². The normalized spacial score (nSPS) is 15.3. The number of rotatable bonds is 6. The zero-order valence-corrected chi connectivity index (χ0v) is 16.8. The second-order valence-corrected chi connectivity index (χ2v) is 7.21. The van der Waals surface area contributed by atoms with Gasteiger partial charge in [0, 0.05) is 12.7 Å². The fourth-order valence-electron chi connectivity index (χ4n) is 3.48. The molecule has 0 saturated heterocycles. The van der Waals surface area contributed by atoms with Crippen LogP contribution in [0.15, 0.2) is 79.0 Å². The number of amides is 2. The van der Waals surface area contributed by atoms with E-state index < -0.39 is 6.10 Å². The number of para-hydroxylation sites is 2. The summed E-state index contributed by atoms with van der Waals surface area (Å²) in [4.78, 5) is 33.7. The first-order chi connectivity index (χ1) is 14.6. The third-order valence-electron chi connectivity index (χ3n) is 5.01. The Hall–Kier alpha value is -3.67. The number of nitrogens with zero attached hydrogens (tertiary/aromatic N) is 3. The summed E-state index contributed by atoms with van der Waals surface area (Å²) < 4.78 is 5.68. The molecule has 1 aliphatic rings. The Balaban J connectivity index is 1.59. The van der Waals surface area contributed by atoms with Crippen molar-refractivity contribution < 1.29 is 14.3 Å². The van der Waals surface area contributed by atoms with Gasteiger partial charge in [0.15, 0.2) is 6.10 Å². The summed E-state index contributed by atoms with van der Waals surface area (Å²) in [5.41, 5.74) is 2.43. The van der Waals surface area contributed by atoms with E-state index in [4.69, 9.17) is 4.74 Å². The van der Waals surface area contributed by atoms with Crippen LogP contribution in [-0.2, 0) is 22.7 Å². The Morgan fingerprint density at radius 3 is 2.50 bits per heavy atom. The highest BCUT2D eigenvalue weighted by Gasteiger charge is 2.33. The van der Waals surface area contributed by atoms with Gasteiger partial charge in [0.1, 0.15) is 12.3 Å². The molecule has 1 atom stereocenters. The van der Waals surface area contributed by atoms with Crippen molar-refractivity contribution in [2.75, 3.05) is 11.4 Å². The summed E-state index contributed by atoms with van der Waals surface area (Å²) >= 11 is 0. The van der Waals surface area contributed by atoms with Crippen LogP contribution >= 0.6 is 0 Å². The fourth-order valence-corrected chi connectivity index (χ4v) is 3.48. The average Bonchev–Trinajstić information content (AvgIpc) is 2.78. The number of ether oxygens (including phenoxy) is 1. The number of hydrogen-bond acceptors (Lipinski definition) is 4. The number of fused-ring (bicyclic) bond motifs is 1. The molecule has 6 heteroatoms. The Labute approximate surface area is 175 Å². The smallest absolute Gasteiger partial charge is 0.268 e. The molecule has 0 unspecified atom stereocenters. The lowest BCUT2D eigenvalue weighted by atomic mass is 10.1. The maximum absolute atomic E-state index is 13.3. The van der Waals surface area contributed by atoms with E-state index in [0.29, 0.717) is 24.5 Å². The average molecular weight is 401 g/mol. The van der Waals surface area contributed by atoms with E-state index in [0.717, 1.165) is 11.3 Å². The molecule has 0 aliphatic carbocycles. The van der Waals surface area contributed by atoms with Crippen molar-refractivity contribution in [3.05, 3.63) is 90.3 Å². The number of benzene rings is 2. The molecular weight excluding hydrogens is 378 g/mol. The van der Waals surface area contributed by atoms with E-state index in [9.17, 15) is 9.59 Å². The quantitative estimate of drug-likeness (QED) is 0.635. The lowest BCUT2D eigenvalue weighted by Gasteiger charge is -2.34. The first kappa shape index (κ1) is 19.6. The Bertz CT molecular complexity index is 983. The Morgan fingerprint density at radius 2 is 1.73 bits per heavy atom. The second-order valence-electron chi connectivity index (χ2n) is 7.21. The van der Waals surface area contributed by atoms with E-state index in [2.05, 4.69) is 4.98 Å². The Kier molecular flexibility index (Phi) is 5.75. The van der Waals surface area contributed by atoms with E-state index in [1.165, 1.54) is 4.90 Å². The Morgan fingerprint density at radius 1 is 1.00 bits per heavy atom. The third kappa shape index (κ3) is 4.33. The summed E-state index contributed by atoms with van der Waals surface area (Å²) in [6.45, 7) is 2.45. The molecule has 2 heterocycles. The van der Waals surface area contributed by atoms with Crippen molar-refractivity contribution in [1.82, 2.24) is 9.88 Å². The molecular formula is C24H23N3O3. The van der Waals surface area contributed by atoms with Crippen LogP contribution < -0.4 is 9.64 Å². The minimum atomic E-state index is -0.633. The number of hydrogen-bond donors (Lipinski definition) is 0. The van der Waals surface area contributed by atoms with Gasteiger partial charge in [-0.05, 0) is 36.8 Å². The number of pyridine rings is 1. The number of carbonyl (C=O) groups is 2. The molecule has 2 aromatic carbocycles. The number of carbonyl (C=O) groups excluding carboxylic acids is 2. The summed E-state index contributed by atoms with van der Waals surface area (Å²) in [7, 11) is 0. The molecule has 6 nitrogen and oxygen atoms in total. The highest BCUT2D eigenvalue weighted by Crippen LogP contribution is 2.33. The van der Waals surface area contributed by atoms with Gasteiger partial charge in [0.25, 0.3) is 5.91 Å². The van der Waals surface area contributed by atoms with Crippen LogP contribution in [0.2, 0.25) is 0 Å². The third-order valence-corrected chi connectivity index (χ3v) is 5.01. The molecule has 0 saturated carbocycles. The summed E-state index contributed by atoms with van der Waals surface area (Å²) in [6, 6.07) is 22.7. The van der Waals surface area contributed by atoms with Crippen LogP contribution in [0, 0.1) is 0 Å². The van der Waals surface area contributed by atoms with Crippen molar-refractivity contribution in [1.29, 1.82) is 0 Å². The second kappa shape index (κ2) is 8.78. The van der Waals surface area contributed by atoms with E-state index in [1.54, 1.807) is 24.1 Å². The van der Waals surface area contributed by atoms with E-state index in [-0.39, 0.29) is 18.4 Å². The van der Waals surface area contributed by atoms with Crippen LogP contribution in [0.25, 0.3) is 0 Å². The van der Waals surface area contributed by atoms with Crippen LogP contribution in [0.5, 0.6) is 5.75 Å². The summed E-state index contributed by atoms with van der Waals surface area (Å²) in [6.07, 6.45) is 1.08. The van der Waals surface area contributed by atoms with E-state index in [1.807, 2.05) is 66.7 Å². The lowest BCUT2D eigenvalue weighted by molar-refractivity contribution is -0.134. The number of anilines is 1. The molecule has 3 aromatic rings. The molecule has 1 aromatic heterocycles. The van der Waals surface area contributed by atoms with Gasteiger partial charge in [-0.25, -0.2) is 0 Å². The molecule has 0 fully saturated rings. The van der Waals surface area contributed by atoms with Crippen LogP contribution in [0.1, 0.15) is 18.2 Å². The van der Waals surface area contributed by atoms with Crippen molar-refractivity contribution in [3.63, 3.8) is 0 Å². The predicted octanol–water partition coefficient (Wildman–Crippen LogP) is 3.42. The highest BCUT2D eigenvalue weighted by atomic mass is 16.5. The van der Waals surface area contributed by atoms with Crippen molar-refractivity contribution in [3.8, 4) is 5.75 Å². The molecule has 2 amide bonds. The van der Waals surface area contributed by atoms with Gasteiger partial charge < -0.3 is 9.64 Å². The van der Waals surface area contributed by atoms with Crippen LogP contribution in [0.3, 0.4) is 0 Å². The molecule has 4 rings (SSSR count). The van der Waals surface area contributed by atoms with Gasteiger partial charge >= 0.3 is 0 Å². The van der Waals surface area contributed by atoms with Crippen LogP contribution in [0.4, 0.5) is 5.69 Å². The molecule has 1 aliphatic heterocycles. The maximum Gasteiger partial charge on any atom is 0.268 e. The highest BCUT2D eigenvalue weighted by molar-refractivity contribution is 6.03. The van der Waals surface area contributed by atoms with E-state index >= 15 is 0 Å². The molecule has 0 spiro atoms. The minimum Gasteiger partial charge on any atom is -0.479 e. The zero-order valence-electron chi connectivity index (χ0n) is 16.8. The monoisotopic (exact) mass is 401 g/mol. The molecule has 30 heavy (non-hydrogen) atoms. The maximum atomic E-state index is 13.3. The fraction of sp³-hybridized carbons (Fsp3) is 0.208. The van der Waals surface area contributed by atoms with Crippen LogP contribution in [-0.4, -0.2) is 34.3 Å². The van der Waals surface area contributed by atoms with Gasteiger partial charge in [-0.15, -0.1) is 0 Å². The molecule has 0 N–H and O–H groups in total. The molecule has 0 radical (unpaired) electrons.